The molecule has 3 heterocycles. The lowest BCUT2D eigenvalue weighted by Crippen LogP contribution is -2.02. The van der Waals surface area contributed by atoms with Crippen molar-refractivity contribution in [3.05, 3.63) is 92.1 Å². The molecule has 3 aromatic heterocycles. The highest BCUT2D eigenvalue weighted by Gasteiger charge is 2.19. The number of hydrogen-bond acceptors (Lipinski definition) is 7. The lowest BCUT2D eigenvalue weighted by molar-refractivity contribution is 0.626. The van der Waals surface area contributed by atoms with Crippen molar-refractivity contribution < 1.29 is 8.78 Å². The number of anilines is 5. The van der Waals surface area contributed by atoms with E-state index in [0.717, 1.165) is 67.1 Å². The highest BCUT2D eigenvalue weighted by atomic mass is 35.5. The Morgan fingerprint density at radius 2 is 1.40 bits per heavy atom. The summed E-state index contributed by atoms with van der Waals surface area (Å²) in [5, 5.41) is 22.1. The van der Waals surface area contributed by atoms with Crippen molar-refractivity contribution in [3.63, 3.8) is 0 Å². The Labute approximate surface area is 252 Å². The van der Waals surface area contributed by atoms with Crippen LogP contribution in [-0.4, -0.2) is 20.2 Å². The first-order valence-electron chi connectivity index (χ1n) is 14.0. The van der Waals surface area contributed by atoms with Crippen LogP contribution in [0.25, 0.3) is 11.0 Å². The molecule has 0 aliphatic heterocycles. The molecule has 7 rings (SSSR count). The summed E-state index contributed by atoms with van der Waals surface area (Å²) in [7, 11) is 0. The summed E-state index contributed by atoms with van der Waals surface area (Å²) in [6.07, 6.45) is 6.36. The van der Waals surface area contributed by atoms with E-state index in [4.69, 9.17) is 22.6 Å². The summed E-state index contributed by atoms with van der Waals surface area (Å²) in [6, 6.07) is 12.7. The van der Waals surface area contributed by atoms with E-state index in [1.807, 2.05) is 32.0 Å². The molecule has 5 N–H and O–H groups in total. The number of nitrogen functional groups attached to an aromatic ring is 1. The van der Waals surface area contributed by atoms with Crippen LogP contribution >= 0.6 is 11.6 Å². The second-order valence-corrected chi connectivity index (χ2v) is 11.3. The van der Waals surface area contributed by atoms with Gasteiger partial charge in [-0.3, -0.25) is 5.10 Å². The Morgan fingerprint density at radius 3 is 1.98 bits per heavy atom. The zero-order valence-corrected chi connectivity index (χ0v) is 24.5. The van der Waals surface area contributed by atoms with E-state index in [9.17, 15) is 8.78 Å². The molecule has 0 unspecified atom stereocenters. The number of hydrogen-bond donors (Lipinski definition) is 4. The Kier molecular flexibility index (Phi) is 7.59. The van der Waals surface area contributed by atoms with Crippen LogP contribution in [0.5, 0.6) is 0 Å². The van der Waals surface area contributed by atoms with Gasteiger partial charge < -0.3 is 16.4 Å². The van der Waals surface area contributed by atoms with Crippen molar-refractivity contribution in [1.29, 1.82) is 5.26 Å². The van der Waals surface area contributed by atoms with E-state index in [1.54, 1.807) is 0 Å². The highest BCUT2D eigenvalue weighted by Crippen LogP contribution is 2.34. The Morgan fingerprint density at radius 1 is 0.837 bits per heavy atom. The molecule has 0 fully saturated rings. The average molecular weight is 599 g/mol. The Hall–Kier alpha value is -4.75. The normalized spacial score (nSPS) is 13.2. The molecule has 2 aliphatic carbocycles. The van der Waals surface area contributed by atoms with Crippen LogP contribution in [0.2, 0.25) is 5.15 Å². The summed E-state index contributed by atoms with van der Waals surface area (Å²) in [6.45, 7) is 4.06. The Bertz CT molecular complexity index is 1930. The molecule has 0 saturated carbocycles. The summed E-state index contributed by atoms with van der Waals surface area (Å²) < 4.78 is 28.3. The van der Waals surface area contributed by atoms with Crippen LogP contribution < -0.4 is 16.4 Å². The van der Waals surface area contributed by atoms with Crippen LogP contribution in [0.1, 0.15) is 51.8 Å². The number of nitriles is 1. The van der Waals surface area contributed by atoms with Crippen LogP contribution in [0.4, 0.5) is 37.6 Å². The highest BCUT2D eigenvalue weighted by molar-refractivity contribution is 6.30. The smallest absolute Gasteiger partial charge is 0.185 e. The zero-order chi connectivity index (χ0) is 30.2. The predicted molar refractivity (Wildman–Crippen MR) is 165 cm³/mol. The van der Waals surface area contributed by atoms with Crippen molar-refractivity contribution >= 4 is 51.5 Å². The average Bonchev–Trinajstić information content (AvgIpc) is 3.72. The van der Waals surface area contributed by atoms with Gasteiger partial charge in [-0.15, -0.1) is 0 Å². The van der Waals surface area contributed by atoms with Crippen LogP contribution in [0, 0.1) is 36.8 Å². The van der Waals surface area contributed by atoms with Crippen LogP contribution in [-0.2, 0) is 25.7 Å². The Balaban J connectivity index is 0.000000153. The molecule has 5 aromatic rings. The molecule has 2 aromatic carbocycles. The molecule has 0 bridgehead atoms. The second-order valence-electron chi connectivity index (χ2n) is 11.0. The van der Waals surface area contributed by atoms with Gasteiger partial charge in [-0.1, -0.05) is 23.7 Å². The van der Waals surface area contributed by atoms with E-state index in [-0.39, 0.29) is 22.4 Å². The maximum atomic E-state index is 14.3. The van der Waals surface area contributed by atoms with Gasteiger partial charge in [-0.05, 0) is 110 Å². The number of aromatic nitrogens is 4. The first-order valence-corrected chi connectivity index (χ1v) is 14.4. The van der Waals surface area contributed by atoms with Gasteiger partial charge in [0.15, 0.2) is 28.9 Å². The van der Waals surface area contributed by atoms with Crippen molar-refractivity contribution in [1.82, 2.24) is 20.2 Å². The number of H-pyrrole nitrogens is 1. The fourth-order valence-electron chi connectivity index (χ4n) is 5.86. The maximum absolute atomic E-state index is 14.3. The molecular weight excluding hydrogens is 570 g/mol. The van der Waals surface area contributed by atoms with Crippen LogP contribution in [0.15, 0.2) is 36.4 Å². The van der Waals surface area contributed by atoms with Gasteiger partial charge in [0.05, 0.1) is 10.9 Å². The number of rotatable bonds is 4. The molecule has 218 valence electrons. The largest absolute Gasteiger partial charge is 0.384 e. The van der Waals surface area contributed by atoms with E-state index in [1.165, 1.54) is 28.3 Å². The quantitative estimate of drug-likeness (QED) is 0.158. The number of aryl methyl sites for hydroxylation is 4. The number of pyridine rings is 2. The maximum Gasteiger partial charge on any atom is 0.185 e. The minimum atomic E-state index is -0.579. The first-order chi connectivity index (χ1) is 20.7. The SMILES string of the molecule is Cc1cc2c(c(Nc3nc(Cl)c(C#N)cc3F)c1)CCC2.Cc1cc2c(c(Nc3nc4n[nH]c(N)c4cc3F)c1)CCC2. The predicted octanol–water partition coefficient (Wildman–Crippen LogP) is 7.51. The van der Waals surface area contributed by atoms with E-state index in [2.05, 4.69) is 42.9 Å². The summed E-state index contributed by atoms with van der Waals surface area (Å²) in [5.41, 5.74) is 15.3. The van der Waals surface area contributed by atoms with Crippen molar-refractivity contribution in [2.45, 2.75) is 52.4 Å². The van der Waals surface area contributed by atoms with Gasteiger partial charge in [0.25, 0.3) is 0 Å². The van der Waals surface area contributed by atoms with E-state index in [0.29, 0.717) is 16.9 Å². The molecular formula is C32H29ClF2N8. The molecule has 0 radical (unpaired) electrons. The minimum Gasteiger partial charge on any atom is -0.384 e. The minimum absolute atomic E-state index is 0.00528. The molecule has 11 heteroatoms. The number of nitrogens with two attached hydrogens (primary N) is 1. The molecule has 8 nitrogen and oxygen atoms in total. The summed E-state index contributed by atoms with van der Waals surface area (Å²) >= 11 is 5.88. The standard InChI is InChI=1S/C16H13ClFN3.C16H16FN5/c1-9-5-10-3-2-4-12(10)14(6-9)20-16-13(18)7-11(8-19)15(17)21-16;1-8-5-9-3-2-4-10(9)13(6-8)19-16-12(17)7-11-14(18)21-22-15(11)20-16/h5-7H,2-4H2,1H3,(H,20,21);5-7H,2-4H2,1H3,(H4,18,19,20,21,22). The summed E-state index contributed by atoms with van der Waals surface area (Å²) in [4.78, 5) is 8.19. The van der Waals surface area contributed by atoms with Gasteiger partial charge >= 0.3 is 0 Å². The van der Waals surface area contributed by atoms with Crippen molar-refractivity contribution in [2.75, 3.05) is 16.4 Å². The molecule has 0 saturated heterocycles. The number of halogens is 3. The lowest BCUT2D eigenvalue weighted by Gasteiger charge is -2.13. The van der Waals surface area contributed by atoms with Gasteiger partial charge in [0, 0.05) is 11.4 Å². The molecule has 0 amide bonds. The molecule has 0 spiro atoms. The molecule has 43 heavy (non-hydrogen) atoms. The number of aromatic amines is 1. The monoisotopic (exact) mass is 598 g/mol. The topological polar surface area (TPSA) is 128 Å². The molecule has 0 atom stereocenters. The van der Waals surface area contributed by atoms with Gasteiger partial charge in [-0.2, -0.15) is 10.4 Å². The fourth-order valence-corrected chi connectivity index (χ4v) is 6.05. The number of nitrogens with one attached hydrogen (secondary N) is 3. The number of nitrogens with zero attached hydrogens (tertiary/aromatic N) is 4. The van der Waals surface area contributed by atoms with Gasteiger partial charge in [0.2, 0.25) is 0 Å². The van der Waals surface area contributed by atoms with Gasteiger partial charge in [0.1, 0.15) is 17.0 Å². The van der Waals surface area contributed by atoms with Crippen molar-refractivity contribution in [2.24, 2.45) is 0 Å². The third kappa shape index (κ3) is 5.68. The van der Waals surface area contributed by atoms with Gasteiger partial charge in [-0.25, -0.2) is 18.7 Å². The zero-order valence-electron chi connectivity index (χ0n) is 23.7. The number of benzene rings is 2. The fraction of sp³-hybridized carbons (Fsp3) is 0.250. The third-order valence-electron chi connectivity index (χ3n) is 7.80. The molecule has 2 aliphatic rings. The van der Waals surface area contributed by atoms with E-state index < -0.39 is 11.6 Å². The lowest BCUT2D eigenvalue weighted by atomic mass is 10.0. The van der Waals surface area contributed by atoms with Crippen molar-refractivity contribution in [3.8, 4) is 6.07 Å². The summed E-state index contributed by atoms with van der Waals surface area (Å²) in [5.74, 6) is -0.458. The second kappa shape index (κ2) is 11.5. The first kappa shape index (κ1) is 28.4. The number of fused-ring (bicyclic) bond motifs is 3. The third-order valence-corrected chi connectivity index (χ3v) is 8.09. The van der Waals surface area contributed by atoms with E-state index >= 15 is 0 Å². The van der Waals surface area contributed by atoms with Crippen LogP contribution in [0.3, 0.4) is 0 Å².